The highest BCUT2D eigenvalue weighted by Gasteiger charge is 2.23. The van der Waals surface area contributed by atoms with Crippen molar-refractivity contribution in [1.29, 1.82) is 0 Å². The van der Waals surface area contributed by atoms with E-state index in [1.165, 1.54) is 0 Å². The maximum absolute atomic E-state index is 11.5. The van der Waals surface area contributed by atoms with E-state index < -0.39 is 14.4 Å². The maximum Gasteiger partial charge on any atom is 0.470 e. The summed E-state index contributed by atoms with van der Waals surface area (Å²) in [5, 5.41) is 0. The van der Waals surface area contributed by atoms with Crippen molar-refractivity contribution in [1.82, 2.24) is 9.80 Å². The van der Waals surface area contributed by atoms with Gasteiger partial charge in [0.15, 0.2) is 0 Å². The van der Waals surface area contributed by atoms with Crippen molar-refractivity contribution in [3.05, 3.63) is 0 Å². The number of carbonyl (C=O) groups excluding carboxylic acids is 1. The zero-order valence-corrected chi connectivity index (χ0v) is 10.1. The molecule has 0 saturated carbocycles. The second-order valence-corrected chi connectivity index (χ2v) is 4.82. The van der Waals surface area contributed by atoms with Gasteiger partial charge in [-0.2, -0.15) is 0 Å². The summed E-state index contributed by atoms with van der Waals surface area (Å²) >= 11 is 0. The molecular formula is C8H17N2O5P. The van der Waals surface area contributed by atoms with Gasteiger partial charge >= 0.3 is 7.82 Å². The Morgan fingerprint density at radius 1 is 1.31 bits per heavy atom. The van der Waals surface area contributed by atoms with Gasteiger partial charge in [0.2, 0.25) is 5.91 Å². The summed E-state index contributed by atoms with van der Waals surface area (Å²) in [4.78, 5) is 32.1. The van der Waals surface area contributed by atoms with Crippen molar-refractivity contribution < 1.29 is 23.7 Å². The Balaban J connectivity index is 2.31. The molecule has 1 aliphatic heterocycles. The highest BCUT2D eigenvalue weighted by atomic mass is 31.2. The minimum atomic E-state index is -4.55. The maximum atomic E-state index is 11.5. The van der Waals surface area contributed by atoms with E-state index in [0.717, 1.165) is 19.6 Å². The van der Waals surface area contributed by atoms with Crippen molar-refractivity contribution >= 4 is 13.7 Å². The van der Waals surface area contributed by atoms with Crippen LogP contribution in [0.3, 0.4) is 0 Å². The first kappa shape index (κ1) is 13.6. The molecule has 8 heteroatoms. The molecule has 0 spiro atoms. The summed E-state index contributed by atoms with van der Waals surface area (Å²) in [6.45, 7) is 5.18. The molecule has 0 bridgehead atoms. The van der Waals surface area contributed by atoms with Crippen LogP contribution < -0.4 is 0 Å². The number of likely N-dealkylation sites (N-methyl/N-ethyl adjacent to an activating group) is 1. The van der Waals surface area contributed by atoms with Crippen molar-refractivity contribution in [3.63, 3.8) is 0 Å². The molecule has 1 rings (SSSR count). The van der Waals surface area contributed by atoms with Gasteiger partial charge in [-0.15, -0.1) is 0 Å². The van der Waals surface area contributed by atoms with Crippen LogP contribution in [0, 0.1) is 0 Å². The lowest BCUT2D eigenvalue weighted by Gasteiger charge is -2.33. The van der Waals surface area contributed by atoms with Crippen LogP contribution in [-0.4, -0.2) is 64.8 Å². The van der Waals surface area contributed by atoms with Gasteiger partial charge in [-0.25, -0.2) is 4.57 Å². The first-order chi connectivity index (χ1) is 7.42. The van der Waals surface area contributed by atoms with Crippen molar-refractivity contribution in [2.45, 2.75) is 6.92 Å². The fourth-order valence-corrected chi connectivity index (χ4v) is 1.82. The standard InChI is InChI=1S/C8H17N2O5P/c1-2-9-3-5-10(6-4-9)8(11)7-15-16(12,13)14/h2-7H2,1H3,(H2,12,13,14). The first-order valence-corrected chi connectivity index (χ1v) is 6.65. The van der Waals surface area contributed by atoms with Crippen LogP contribution in [0.4, 0.5) is 0 Å². The number of phosphoric acid groups is 1. The van der Waals surface area contributed by atoms with Gasteiger partial charge < -0.3 is 19.6 Å². The third-order valence-corrected chi connectivity index (χ3v) is 2.99. The van der Waals surface area contributed by atoms with Gasteiger partial charge in [-0.1, -0.05) is 6.92 Å². The van der Waals surface area contributed by atoms with E-state index in [2.05, 4.69) is 9.42 Å². The molecule has 7 nitrogen and oxygen atoms in total. The lowest BCUT2D eigenvalue weighted by molar-refractivity contribution is -0.135. The van der Waals surface area contributed by atoms with Gasteiger partial charge in [-0.05, 0) is 6.54 Å². The highest BCUT2D eigenvalue weighted by Crippen LogP contribution is 2.35. The minimum Gasteiger partial charge on any atom is -0.338 e. The number of phosphoric ester groups is 1. The van der Waals surface area contributed by atoms with Gasteiger partial charge in [0.05, 0.1) is 0 Å². The number of hydrogen-bond donors (Lipinski definition) is 2. The molecular weight excluding hydrogens is 235 g/mol. The summed E-state index contributed by atoms with van der Waals surface area (Å²) in [6.07, 6.45) is 0. The van der Waals surface area contributed by atoms with E-state index in [0.29, 0.717) is 13.1 Å². The molecule has 0 radical (unpaired) electrons. The van der Waals surface area contributed by atoms with E-state index >= 15 is 0 Å². The van der Waals surface area contributed by atoms with E-state index in [1.54, 1.807) is 4.90 Å². The van der Waals surface area contributed by atoms with E-state index in [1.807, 2.05) is 6.92 Å². The molecule has 0 aromatic carbocycles. The Morgan fingerprint density at radius 2 is 1.88 bits per heavy atom. The van der Waals surface area contributed by atoms with Crippen LogP contribution in [0.1, 0.15) is 6.92 Å². The molecule has 0 atom stereocenters. The molecule has 1 amide bonds. The molecule has 16 heavy (non-hydrogen) atoms. The molecule has 0 aliphatic carbocycles. The van der Waals surface area contributed by atoms with Crippen molar-refractivity contribution in [2.24, 2.45) is 0 Å². The fourth-order valence-electron chi connectivity index (χ4n) is 1.54. The molecule has 0 unspecified atom stereocenters. The Labute approximate surface area is 94.2 Å². The highest BCUT2D eigenvalue weighted by molar-refractivity contribution is 7.46. The van der Waals surface area contributed by atoms with E-state index in [4.69, 9.17) is 9.79 Å². The summed E-state index contributed by atoms with van der Waals surface area (Å²) in [6, 6.07) is 0. The molecule has 1 aliphatic rings. The number of hydrogen-bond acceptors (Lipinski definition) is 4. The molecule has 94 valence electrons. The molecule has 1 fully saturated rings. The topological polar surface area (TPSA) is 90.3 Å². The quantitative estimate of drug-likeness (QED) is 0.640. The minimum absolute atomic E-state index is 0.376. The molecule has 0 aromatic heterocycles. The van der Waals surface area contributed by atoms with Crippen LogP contribution in [0.5, 0.6) is 0 Å². The largest absolute Gasteiger partial charge is 0.470 e. The Morgan fingerprint density at radius 3 is 2.31 bits per heavy atom. The Hall–Kier alpha value is -0.460. The van der Waals surface area contributed by atoms with Crippen LogP contribution in [0.2, 0.25) is 0 Å². The van der Waals surface area contributed by atoms with Crippen molar-refractivity contribution in [3.8, 4) is 0 Å². The Kier molecular flexibility index (Phi) is 4.89. The normalized spacial score (nSPS) is 18.8. The zero-order valence-electron chi connectivity index (χ0n) is 9.20. The second-order valence-electron chi connectivity index (χ2n) is 3.58. The molecule has 2 N–H and O–H groups in total. The fraction of sp³-hybridized carbons (Fsp3) is 0.875. The van der Waals surface area contributed by atoms with E-state index in [9.17, 15) is 9.36 Å². The molecule has 1 saturated heterocycles. The lowest BCUT2D eigenvalue weighted by atomic mass is 10.3. The zero-order chi connectivity index (χ0) is 12.2. The summed E-state index contributed by atoms with van der Waals surface area (Å²) in [5.74, 6) is -0.376. The number of rotatable bonds is 4. The van der Waals surface area contributed by atoms with Crippen LogP contribution in [-0.2, 0) is 13.9 Å². The lowest BCUT2D eigenvalue weighted by Crippen LogP contribution is -2.49. The average Bonchev–Trinajstić information content (AvgIpc) is 2.25. The van der Waals surface area contributed by atoms with Crippen LogP contribution in [0.25, 0.3) is 0 Å². The van der Waals surface area contributed by atoms with Gasteiger partial charge in [-0.3, -0.25) is 9.32 Å². The summed E-state index contributed by atoms with van der Waals surface area (Å²) < 4.78 is 14.6. The first-order valence-electron chi connectivity index (χ1n) is 5.12. The van der Waals surface area contributed by atoms with Crippen LogP contribution in [0.15, 0.2) is 0 Å². The van der Waals surface area contributed by atoms with Gasteiger partial charge in [0, 0.05) is 26.2 Å². The number of amides is 1. The third-order valence-electron chi connectivity index (χ3n) is 2.53. The predicted molar refractivity (Wildman–Crippen MR) is 56.7 cm³/mol. The number of nitrogens with zero attached hydrogens (tertiary/aromatic N) is 2. The number of piperazine rings is 1. The van der Waals surface area contributed by atoms with Crippen LogP contribution >= 0.6 is 7.82 Å². The third kappa shape index (κ3) is 4.59. The summed E-state index contributed by atoms with van der Waals surface area (Å²) in [5.41, 5.74) is 0. The smallest absolute Gasteiger partial charge is 0.338 e. The molecule has 0 aromatic rings. The van der Waals surface area contributed by atoms with Crippen molar-refractivity contribution in [2.75, 3.05) is 39.3 Å². The monoisotopic (exact) mass is 252 g/mol. The van der Waals surface area contributed by atoms with Gasteiger partial charge in [0.1, 0.15) is 6.61 Å². The van der Waals surface area contributed by atoms with Gasteiger partial charge in [0.25, 0.3) is 0 Å². The average molecular weight is 252 g/mol. The SMILES string of the molecule is CCN1CCN(C(=O)COP(=O)(O)O)CC1. The second kappa shape index (κ2) is 5.75. The predicted octanol–water partition coefficient (Wildman–Crippen LogP) is -0.740. The molecule has 1 heterocycles. The summed E-state index contributed by atoms with van der Waals surface area (Å²) in [7, 11) is -4.55. The number of carbonyl (C=O) groups is 1. The Bertz CT molecular complexity index is 284. The van der Waals surface area contributed by atoms with E-state index in [-0.39, 0.29) is 5.91 Å².